The largest absolute Gasteiger partial charge is 0.496 e. The molecule has 5 aromatic rings. The minimum Gasteiger partial charge on any atom is -0.496 e. The molecule has 1 aliphatic heterocycles. The van der Waals surface area contributed by atoms with Crippen molar-refractivity contribution < 1.29 is 9.13 Å². The zero-order chi connectivity index (χ0) is 25.8. The van der Waals surface area contributed by atoms with Crippen LogP contribution in [0.25, 0.3) is 22.5 Å². The average Bonchev–Trinajstić information content (AvgIpc) is 3.27. The number of hydrogen-bond acceptors (Lipinski definition) is 4. The Balaban J connectivity index is 1.52. The quantitative estimate of drug-likeness (QED) is 0.311. The van der Waals surface area contributed by atoms with Gasteiger partial charge < -0.3 is 4.74 Å². The maximum atomic E-state index is 14.1. The second-order valence-electron chi connectivity index (χ2n) is 9.57. The third-order valence-corrected chi connectivity index (χ3v) is 8.47. The Morgan fingerprint density at radius 2 is 1.76 bits per heavy atom. The lowest BCUT2D eigenvalue weighted by atomic mass is 9.83. The van der Waals surface area contributed by atoms with Gasteiger partial charge in [0.15, 0.2) is 4.80 Å². The van der Waals surface area contributed by atoms with Gasteiger partial charge in [0.2, 0.25) is 0 Å². The lowest BCUT2D eigenvalue weighted by molar-refractivity contribution is 0.414. The highest BCUT2D eigenvalue weighted by atomic mass is 32.1. The van der Waals surface area contributed by atoms with Gasteiger partial charge in [0.05, 0.1) is 23.4 Å². The molecule has 0 radical (unpaired) electrons. The molecule has 1 aliphatic carbocycles. The summed E-state index contributed by atoms with van der Waals surface area (Å²) in [5, 5.41) is 2.09. The number of allylic oxidation sites excluding steroid dienone is 1. The number of hydrogen-bond donors (Lipinski definition) is 0. The van der Waals surface area contributed by atoms with Crippen LogP contribution in [0.4, 0.5) is 4.39 Å². The number of methoxy groups -OCH3 is 1. The lowest BCUT2D eigenvalue weighted by Gasteiger charge is -2.30. The zero-order valence-electron chi connectivity index (χ0n) is 20.6. The summed E-state index contributed by atoms with van der Waals surface area (Å²) < 4.78 is 21.9. The number of thiazole rings is 1. The van der Waals surface area contributed by atoms with Crippen LogP contribution in [0.5, 0.6) is 5.75 Å². The van der Waals surface area contributed by atoms with Gasteiger partial charge in [-0.3, -0.25) is 9.36 Å². The Morgan fingerprint density at radius 3 is 2.61 bits per heavy atom. The van der Waals surface area contributed by atoms with Gasteiger partial charge in [-0.25, -0.2) is 9.38 Å². The van der Waals surface area contributed by atoms with Crippen molar-refractivity contribution in [2.45, 2.75) is 18.9 Å². The number of nitrogens with zero attached hydrogens (tertiary/aromatic N) is 2. The van der Waals surface area contributed by atoms with E-state index in [-0.39, 0.29) is 17.4 Å². The predicted molar refractivity (Wildman–Crippen MR) is 150 cm³/mol. The summed E-state index contributed by atoms with van der Waals surface area (Å²) in [6, 6.07) is 26.5. The first-order valence-corrected chi connectivity index (χ1v) is 13.4. The Kier molecular flexibility index (Phi) is 5.37. The van der Waals surface area contributed by atoms with E-state index in [0.29, 0.717) is 15.1 Å². The first kappa shape index (κ1) is 22.9. The average molecular weight is 519 g/mol. The van der Waals surface area contributed by atoms with Crippen LogP contribution in [-0.2, 0) is 6.42 Å². The van der Waals surface area contributed by atoms with E-state index in [2.05, 4.69) is 18.2 Å². The fraction of sp³-hybridized carbons (Fsp3) is 0.125. The highest BCUT2D eigenvalue weighted by Gasteiger charge is 2.32. The van der Waals surface area contributed by atoms with E-state index in [1.807, 2.05) is 48.5 Å². The molecule has 0 fully saturated rings. The molecule has 186 valence electrons. The van der Waals surface area contributed by atoms with Crippen molar-refractivity contribution >= 4 is 33.9 Å². The van der Waals surface area contributed by atoms with Crippen LogP contribution < -0.4 is 19.6 Å². The second kappa shape index (κ2) is 8.92. The second-order valence-corrected chi connectivity index (χ2v) is 10.6. The molecule has 4 aromatic carbocycles. The smallest absolute Gasteiger partial charge is 0.271 e. The van der Waals surface area contributed by atoms with Crippen molar-refractivity contribution in [3.05, 3.63) is 138 Å². The molecule has 0 N–H and O–H groups in total. The highest BCUT2D eigenvalue weighted by Crippen LogP contribution is 2.41. The zero-order valence-corrected chi connectivity index (χ0v) is 21.5. The van der Waals surface area contributed by atoms with Crippen LogP contribution in [-0.4, -0.2) is 11.7 Å². The van der Waals surface area contributed by atoms with Crippen molar-refractivity contribution in [1.82, 2.24) is 4.57 Å². The van der Waals surface area contributed by atoms with Gasteiger partial charge in [0, 0.05) is 11.1 Å². The first-order valence-electron chi connectivity index (χ1n) is 12.6. The molecule has 1 aromatic heterocycles. The summed E-state index contributed by atoms with van der Waals surface area (Å²) in [7, 11) is 1.64. The molecule has 0 bridgehead atoms. The number of benzene rings is 4. The minimum absolute atomic E-state index is 0.108. The van der Waals surface area contributed by atoms with E-state index < -0.39 is 0 Å². The first-order chi connectivity index (χ1) is 18.6. The van der Waals surface area contributed by atoms with Crippen LogP contribution in [0.1, 0.15) is 34.7 Å². The monoisotopic (exact) mass is 518 g/mol. The summed E-state index contributed by atoms with van der Waals surface area (Å²) in [5.41, 5.74) is 6.02. The van der Waals surface area contributed by atoms with Crippen molar-refractivity contribution in [1.29, 1.82) is 0 Å². The molecular formula is C32H23FN2O2S. The van der Waals surface area contributed by atoms with E-state index in [0.717, 1.165) is 51.6 Å². The Bertz CT molecular complexity index is 1950. The number of halogens is 1. The van der Waals surface area contributed by atoms with Gasteiger partial charge in [-0.05, 0) is 64.6 Å². The summed E-state index contributed by atoms with van der Waals surface area (Å²) in [6.07, 6.45) is 3.59. The SMILES string of the molecule is COc1ccc2ccccc2c1/C=c1/sc2n(c1=O)C(c1ccc(F)cc1)C1=C(N=2)c2ccccc2CC1. The van der Waals surface area contributed by atoms with Crippen LogP contribution in [0, 0.1) is 5.82 Å². The summed E-state index contributed by atoms with van der Waals surface area (Å²) in [6.45, 7) is 0. The summed E-state index contributed by atoms with van der Waals surface area (Å²) >= 11 is 1.38. The molecular weight excluding hydrogens is 495 g/mol. The lowest BCUT2D eigenvalue weighted by Crippen LogP contribution is -2.38. The molecule has 6 heteroatoms. The molecule has 38 heavy (non-hydrogen) atoms. The van der Waals surface area contributed by atoms with Crippen LogP contribution in [0.15, 0.2) is 100 Å². The molecule has 7 rings (SSSR count). The Morgan fingerprint density at radius 1 is 0.974 bits per heavy atom. The molecule has 2 aliphatic rings. The maximum absolute atomic E-state index is 14.1. The van der Waals surface area contributed by atoms with Gasteiger partial charge in [0.25, 0.3) is 5.56 Å². The molecule has 4 nitrogen and oxygen atoms in total. The third-order valence-electron chi connectivity index (χ3n) is 7.48. The van der Waals surface area contributed by atoms with Gasteiger partial charge in [-0.1, -0.05) is 78.1 Å². The third kappa shape index (κ3) is 3.56. The van der Waals surface area contributed by atoms with Crippen molar-refractivity contribution in [2.75, 3.05) is 7.11 Å². The van der Waals surface area contributed by atoms with Crippen LogP contribution >= 0.6 is 11.3 Å². The number of ether oxygens (including phenoxy) is 1. The molecule has 1 atom stereocenters. The van der Waals surface area contributed by atoms with Crippen molar-refractivity contribution in [3.63, 3.8) is 0 Å². The van der Waals surface area contributed by atoms with E-state index in [1.165, 1.54) is 29.0 Å². The molecule has 0 spiro atoms. The van der Waals surface area contributed by atoms with E-state index in [4.69, 9.17) is 9.73 Å². The van der Waals surface area contributed by atoms with Gasteiger partial charge in [-0.15, -0.1) is 0 Å². The van der Waals surface area contributed by atoms with Crippen molar-refractivity contribution in [2.24, 2.45) is 4.99 Å². The van der Waals surface area contributed by atoms with E-state index in [1.54, 1.807) is 23.8 Å². The molecule has 1 unspecified atom stereocenters. The maximum Gasteiger partial charge on any atom is 0.271 e. The fourth-order valence-corrected chi connectivity index (χ4v) is 6.68. The molecule has 0 saturated carbocycles. The number of rotatable bonds is 3. The molecule has 0 amide bonds. The topological polar surface area (TPSA) is 43.6 Å². The number of fused-ring (bicyclic) bond motifs is 4. The normalized spacial score (nSPS) is 16.6. The molecule has 0 saturated heterocycles. The van der Waals surface area contributed by atoms with E-state index >= 15 is 0 Å². The minimum atomic E-state index is -0.341. The summed E-state index contributed by atoms with van der Waals surface area (Å²) in [5.74, 6) is 0.408. The fourth-order valence-electron chi connectivity index (χ4n) is 5.70. The van der Waals surface area contributed by atoms with Gasteiger partial charge in [0.1, 0.15) is 11.6 Å². The number of aromatic nitrogens is 1. The standard InChI is InChI=1S/C32H23FN2O2S/c1-37-27-17-13-19-6-2-4-8-23(19)26(27)18-28-31(36)35-30(21-10-14-22(33)15-11-21)25-16-12-20-7-3-5-9-24(20)29(25)34-32(35)38-28/h2-11,13-15,17-18,30H,12,16H2,1H3/b28-18+. The van der Waals surface area contributed by atoms with Gasteiger partial charge >= 0.3 is 0 Å². The van der Waals surface area contributed by atoms with Crippen LogP contribution in [0.2, 0.25) is 0 Å². The predicted octanol–water partition coefficient (Wildman–Crippen LogP) is 5.62. The Hall–Kier alpha value is -4.29. The van der Waals surface area contributed by atoms with Crippen LogP contribution in [0.3, 0.4) is 0 Å². The Labute approximate surface area is 222 Å². The van der Waals surface area contributed by atoms with Crippen molar-refractivity contribution in [3.8, 4) is 5.75 Å². The molecule has 2 heterocycles. The number of aryl methyl sites for hydroxylation is 1. The van der Waals surface area contributed by atoms with E-state index in [9.17, 15) is 9.18 Å². The highest BCUT2D eigenvalue weighted by molar-refractivity contribution is 7.07. The summed E-state index contributed by atoms with van der Waals surface area (Å²) in [4.78, 5) is 19.8. The van der Waals surface area contributed by atoms with Gasteiger partial charge in [-0.2, -0.15) is 0 Å².